The van der Waals surface area contributed by atoms with Crippen molar-refractivity contribution in [2.45, 2.75) is 13.5 Å². The number of aryl methyl sites for hydroxylation is 1. The van der Waals surface area contributed by atoms with Gasteiger partial charge in [-0.3, -0.25) is 0 Å². The van der Waals surface area contributed by atoms with Gasteiger partial charge in [-0.05, 0) is 42.8 Å². The summed E-state index contributed by atoms with van der Waals surface area (Å²) in [5.74, 6) is -1.05. The van der Waals surface area contributed by atoms with Crippen molar-refractivity contribution < 1.29 is 18.7 Å². The molecule has 4 nitrogen and oxygen atoms in total. The number of nitrogens with one attached hydrogen (secondary N) is 1. The Kier molecular flexibility index (Phi) is 3.32. The van der Waals surface area contributed by atoms with E-state index in [1.165, 1.54) is 18.2 Å². The standard InChI is InChI=1S/C13H12FNO3/c1-8-4-9(14)6-10(5-8)15-7-11-2-3-12(18-11)13(16)17/h2-6,15H,7H2,1H3,(H,16,17). The molecular formula is C13H12FNO3. The lowest BCUT2D eigenvalue weighted by molar-refractivity contribution is 0.0660. The number of halogens is 1. The molecule has 0 fully saturated rings. The van der Waals surface area contributed by atoms with Crippen LogP contribution in [0.1, 0.15) is 21.9 Å². The van der Waals surface area contributed by atoms with Crippen LogP contribution in [0.25, 0.3) is 0 Å². The molecule has 0 amide bonds. The molecule has 0 aliphatic heterocycles. The fraction of sp³-hybridized carbons (Fsp3) is 0.154. The Labute approximate surface area is 103 Å². The summed E-state index contributed by atoms with van der Waals surface area (Å²) < 4.78 is 18.2. The normalized spacial score (nSPS) is 10.3. The number of rotatable bonds is 4. The maximum absolute atomic E-state index is 13.1. The number of furan rings is 1. The Morgan fingerprint density at radius 3 is 2.78 bits per heavy atom. The minimum absolute atomic E-state index is 0.109. The number of carbonyl (C=O) groups is 1. The van der Waals surface area contributed by atoms with Crippen LogP contribution in [0.4, 0.5) is 10.1 Å². The zero-order chi connectivity index (χ0) is 13.1. The second-order valence-corrected chi connectivity index (χ2v) is 3.94. The van der Waals surface area contributed by atoms with E-state index in [-0.39, 0.29) is 11.6 Å². The summed E-state index contributed by atoms with van der Waals surface area (Å²) in [7, 11) is 0. The molecule has 1 aromatic heterocycles. The van der Waals surface area contributed by atoms with E-state index in [1.807, 2.05) is 0 Å². The lowest BCUT2D eigenvalue weighted by Crippen LogP contribution is -1.99. The van der Waals surface area contributed by atoms with E-state index in [2.05, 4.69) is 5.32 Å². The van der Waals surface area contributed by atoms with Gasteiger partial charge in [0.2, 0.25) is 5.76 Å². The first-order valence-corrected chi connectivity index (χ1v) is 5.37. The Balaban J connectivity index is 2.04. The first kappa shape index (κ1) is 12.2. The van der Waals surface area contributed by atoms with Gasteiger partial charge in [-0.1, -0.05) is 0 Å². The van der Waals surface area contributed by atoms with Gasteiger partial charge in [-0.2, -0.15) is 0 Å². The molecule has 0 spiro atoms. The zero-order valence-electron chi connectivity index (χ0n) is 9.74. The number of hydrogen-bond acceptors (Lipinski definition) is 3. The van der Waals surface area contributed by atoms with Crippen LogP contribution in [0.15, 0.2) is 34.7 Å². The van der Waals surface area contributed by atoms with E-state index in [9.17, 15) is 9.18 Å². The maximum Gasteiger partial charge on any atom is 0.371 e. The third-order valence-corrected chi connectivity index (χ3v) is 2.38. The molecule has 94 valence electrons. The highest BCUT2D eigenvalue weighted by molar-refractivity contribution is 5.84. The van der Waals surface area contributed by atoms with E-state index in [0.29, 0.717) is 18.0 Å². The van der Waals surface area contributed by atoms with Crippen molar-refractivity contribution in [1.82, 2.24) is 0 Å². The zero-order valence-corrected chi connectivity index (χ0v) is 9.74. The Bertz CT molecular complexity index is 557. The van der Waals surface area contributed by atoms with E-state index in [0.717, 1.165) is 5.56 Å². The fourth-order valence-electron chi connectivity index (χ4n) is 1.62. The van der Waals surface area contributed by atoms with E-state index < -0.39 is 5.97 Å². The highest BCUT2D eigenvalue weighted by Gasteiger charge is 2.08. The van der Waals surface area contributed by atoms with Crippen LogP contribution in [0, 0.1) is 12.7 Å². The maximum atomic E-state index is 13.1. The molecule has 2 aromatic rings. The topological polar surface area (TPSA) is 62.5 Å². The average Bonchev–Trinajstić information content (AvgIpc) is 2.73. The minimum atomic E-state index is -1.11. The summed E-state index contributed by atoms with van der Waals surface area (Å²) in [5.41, 5.74) is 1.43. The molecule has 0 bridgehead atoms. The van der Waals surface area contributed by atoms with Crippen molar-refractivity contribution in [3.8, 4) is 0 Å². The molecule has 2 rings (SSSR count). The van der Waals surface area contributed by atoms with Crippen LogP contribution in [-0.4, -0.2) is 11.1 Å². The summed E-state index contributed by atoms with van der Waals surface area (Å²) in [6.45, 7) is 2.10. The lowest BCUT2D eigenvalue weighted by atomic mass is 10.2. The first-order chi connectivity index (χ1) is 8.54. The van der Waals surface area contributed by atoms with Crippen molar-refractivity contribution in [2.24, 2.45) is 0 Å². The molecule has 0 aliphatic rings. The molecule has 2 N–H and O–H groups in total. The van der Waals surface area contributed by atoms with Gasteiger partial charge in [-0.25, -0.2) is 9.18 Å². The number of hydrogen-bond donors (Lipinski definition) is 2. The summed E-state index contributed by atoms with van der Waals surface area (Å²) in [6.07, 6.45) is 0. The fourth-order valence-corrected chi connectivity index (χ4v) is 1.62. The second kappa shape index (κ2) is 4.91. The van der Waals surface area contributed by atoms with Crippen LogP contribution in [0.5, 0.6) is 0 Å². The van der Waals surface area contributed by atoms with Crippen molar-refractivity contribution >= 4 is 11.7 Å². The van der Waals surface area contributed by atoms with Gasteiger partial charge >= 0.3 is 5.97 Å². The lowest BCUT2D eigenvalue weighted by Gasteiger charge is -2.05. The van der Waals surface area contributed by atoms with Gasteiger partial charge in [0.25, 0.3) is 0 Å². The minimum Gasteiger partial charge on any atom is -0.475 e. The molecule has 18 heavy (non-hydrogen) atoms. The molecule has 1 aromatic carbocycles. The second-order valence-electron chi connectivity index (χ2n) is 3.94. The molecule has 0 aliphatic carbocycles. The third-order valence-electron chi connectivity index (χ3n) is 2.38. The monoisotopic (exact) mass is 249 g/mol. The van der Waals surface area contributed by atoms with E-state index in [4.69, 9.17) is 9.52 Å². The van der Waals surface area contributed by atoms with Crippen LogP contribution >= 0.6 is 0 Å². The predicted octanol–water partition coefficient (Wildman–Crippen LogP) is 3.04. The van der Waals surface area contributed by atoms with Gasteiger partial charge in [0, 0.05) is 5.69 Å². The largest absolute Gasteiger partial charge is 0.475 e. The van der Waals surface area contributed by atoms with Crippen LogP contribution in [-0.2, 0) is 6.54 Å². The SMILES string of the molecule is Cc1cc(F)cc(NCc2ccc(C(=O)O)o2)c1. The number of benzene rings is 1. The van der Waals surface area contributed by atoms with Gasteiger partial charge in [0.15, 0.2) is 0 Å². The Hall–Kier alpha value is -2.30. The molecule has 1 heterocycles. The summed E-state index contributed by atoms with van der Waals surface area (Å²) >= 11 is 0. The molecular weight excluding hydrogens is 237 g/mol. The quantitative estimate of drug-likeness (QED) is 0.874. The van der Waals surface area contributed by atoms with Gasteiger partial charge in [0.1, 0.15) is 11.6 Å². The predicted molar refractivity (Wildman–Crippen MR) is 64.1 cm³/mol. The highest BCUT2D eigenvalue weighted by Crippen LogP contribution is 2.15. The molecule has 5 heteroatoms. The molecule has 0 radical (unpaired) electrons. The van der Waals surface area contributed by atoms with Crippen molar-refractivity contribution in [3.05, 3.63) is 53.2 Å². The number of carboxylic acid groups (broad SMARTS) is 1. The first-order valence-electron chi connectivity index (χ1n) is 5.37. The van der Waals surface area contributed by atoms with Gasteiger partial charge < -0.3 is 14.8 Å². The van der Waals surface area contributed by atoms with Gasteiger partial charge in [0.05, 0.1) is 6.54 Å². The Morgan fingerprint density at radius 1 is 1.39 bits per heavy atom. The molecule has 0 unspecified atom stereocenters. The van der Waals surface area contributed by atoms with Crippen LogP contribution < -0.4 is 5.32 Å². The molecule has 0 saturated heterocycles. The summed E-state index contributed by atoms with van der Waals surface area (Å²) in [4.78, 5) is 10.6. The number of carboxylic acids is 1. The van der Waals surface area contributed by atoms with E-state index in [1.54, 1.807) is 19.1 Å². The van der Waals surface area contributed by atoms with Crippen LogP contribution in [0.2, 0.25) is 0 Å². The summed E-state index contributed by atoms with van der Waals surface area (Å²) in [6, 6.07) is 7.55. The van der Waals surface area contributed by atoms with Crippen molar-refractivity contribution in [2.75, 3.05) is 5.32 Å². The smallest absolute Gasteiger partial charge is 0.371 e. The number of aromatic carboxylic acids is 1. The highest BCUT2D eigenvalue weighted by atomic mass is 19.1. The van der Waals surface area contributed by atoms with E-state index >= 15 is 0 Å². The number of anilines is 1. The van der Waals surface area contributed by atoms with Gasteiger partial charge in [-0.15, -0.1) is 0 Å². The molecule has 0 atom stereocenters. The molecule has 0 saturated carbocycles. The van der Waals surface area contributed by atoms with Crippen LogP contribution in [0.3, 0.4) is 0 Å². The Morgan fingerprint density at radius 2 is 2.17 bits per heavy atom. The van der Waals surface area contributed by atoms with Crippen molar-refractivity contribution in [3.63, 3.8) is 0 Å². The average molecular weight is 249 g/mol. The third kappa shape index (κ3) is 2.88. The summed E-state index contributed by atoms with van der Waals surface area (Å²) in [5, 5.41) is 11.7. The van der Waals surface area contributed by atoms with Crippen molar-refractivity contribution in [1.29, 1.82) is 0 Å².